The van der Waals surface area contributed by atoms with E-state index in [1.807, 2.05) is 26.1 Å². The van der Waals surface area contributed by atoms with Crippen LogP contribution >= 0.6 is 0 Å². The van der Waals surface area contributed by atoms with Crippen molar-refractivity contribution in [3.8, 4) is 0 Å². The Morgan fingerprint density at radius 2 is 2.00 bits per heavy atom. The molecule has 1 aromatic carbocycles. The first-order chi connectivity index (χ1) is 9.51. The summed E-state index contributed by atoms with van der Waals surface area (Å²) in [4.78, 5) is 0.358. The lowest BCUT2D eigenvalue weighted by atomic mass is 10.1. The van der Waals surface area contributed by atoms with Crippen LogP contribution in [-0.4, -0.2) is 35.7 Å². The minimum Gasteiger partial charge on any atom is -0.385 e. The van der Waals surface area contributed by atoms with Crippen molar-refractivity contribution >= 4 is 10.0 Å². The number of hydrogen-bond acceptors (Lipinski definition) is 4. The van der Waals surface area contributed by atoms with Gasteiger partial charge in [0, 0.05) is 26.8 Å². The molecular formula is C14H24N2O3S. The van der Waals surface area contributed by atoms with Gasteiger partial charge in [0.25, 0.3) is 0 Å². The topological polar surface area (TPSA) is 67.4 Å². The van der Waals surface area contributed by atoms with Gasteiger partial charge in [-0.05, 0) is 44.0 Å². The van der Waals surface area contributed by atoms with Crippen molar-refractivity contribution in [2.75, 3.05) is 27.3 Å². The number of methoxy groups -OCH3 is 1. The van der Waals surface area contributed by atoms with Crippen molar-refractivity contribution in [1.29, 1.82) is 0 Å². The zero-order valence-electron chi connectivity index (χ0n) is 12.4. The Morgan fingerprint density at radius 3 is 2.65 bits per heavy atom. The van der Waals surface area contributed by atoms with Gasteiger partial charge in [-0.2, -0.15) is 0 Å². The minimum atomic E-state index is -3.44. The van der Waals surface area contributed by atoms with Gasteiger partial charge in [0.15, 0.2) is 0 Å². The molecule has 114 valence electrons. The van der Waals surface area contributed by atoms with E-state index in [-0.39, 0.29) is 0 Å². The quantitative estimate of drug-likeness (QED) is 0.677. The predicted molar refractivity (Wildman–Crippen MR) is 80.2 cm³/mol. The second-order valence-electron chi connectivity index (χ2n) is 4.73. The first kappa shape index (κ1) is 17.1. The predicted octanol–water partition coefficient (Wildman–Crippen LogP) is 1.42. The zero-order chi connectivity index (χ0) is 15.0. The largest absolute Gasteiger partial charge is 0.385 e. The molecule has 0 heterocycles. The molecule has 0 aliphatic carbocycles. The second-order valence-corrected chi connectivity index (χ2v) is 6.46. The van der Waals surface area contributed by atoms with Crippen LogP contribution in [0, 0.1) is 6.92 Å². The fourth-order valence-corrected chi connectivity index (χ4v) is 3.27. The molecule has 0 bridgehead atoms. The number of aryl methyl sites for hydroxylation is 1. The average Bonchev–Trinajstić information content (AvgIpc) is 2.41. The lowest BCUT2D eigenvalue weighted by molar-refractivity contribution is 0.193. The fraction of sp³-hybridized carbons (Fsp3) is 0.571. The van der Waals surface area contributed by atoms with Gasteiger partial charge in [-0.15, -0.1) is 0 Å². The number of nitrogens with one attached hydrogen (secondary N) is 2. The van der Waals surface area contributed by atoms with Gasteiger partial charge in [-0.3, -0.25) is 0 Å². The maximum absolute atomic E-state index is 12.3. The molecule has 0 atom stereocenters. The molecular weight excluding hydrogens is 276 g/mol. The Bertz CT molecular complexity index is 515. The summed E-state index contributed by atoms with van der Waals surface area (Å²) in [6.45, 7) is 3.54. The van der Waals surface area contributed by atoms with E-state index in [4.69, 9.17) is 4.74 Å². The van der Waals surface area contributed by atoms with Crippen molar-refractivity contribution in [2.45, 2.75) is 31.2 Å². The number of unbranched alkanes of at least 4 members (excludes halogenated alkanes) is 1. The molecule has 0 saturated carbocycles. The maximum atomic E-state index is 12.3. The zero-order valence-corrected chi connectivity index (χ0v) is 13.2. The molecule has 0 amide bonds. The van der Waals surface area contributed by atoms with Crippen LogP contribution in [0.15, 0.2) is 23.1 Å². The summed E-state index contributed by atoms with van der Waals surface area (Å²) < 4.78 is 32.1. The van der Waals surface area contributed by atoms with Crippen molar-refractivity contribution in [1.82, 2.24) is 10.0 Å². The summed E-state index contributed by atoms with van der Waals surface area (Å²) >= 11 is 0. The Kier molecular flexibility index (Phi) is 7.15. The SMILES string of the molecule is CNCc1ccc(C)c(S(=O)(=O)NCCCCOC)c1. The average molecular weight is 300 g/mol. The monoisotopic (exact) mass is 300 g/mol. The summed E-state index contributed by atoms with van der Waals surface area (Å²) in [5.41, 5.74) is 1.71. The van der Waals surface area contributed by atoms with Gasteiger partial charge >= 0.3 is 0 Å². The molecule has 20 heavy (non-hydrogen) atoms. The third kappa shape index (κ3) is 5.20. The number of hydrogen-bond donors (Lipinski definition) is 2. The lowest BCUT2D eigenvalue weighted by Gasteiger charge is -2.11. The highest BCUT2D eigenvalue weighted by atomic mass is 32.2. The first-order valence-electron chi connectivity index (χ1n) is 6.74. The van der Waals surface area contributed by atoms with Crippen molar-refractivity contribution in [3.63, 3.8) is 0 Å². The van der Waals surface area contributed by atoms with Crippen LogP contribution in [0.4, 0.5) is 0 Å². The van der Waals surface area contributed by atoms with Gasteiger partial charge in [0.1, 0.15) is 0 Å². The maximum Gasteiger partial charge on any atom is 0.240 e. The standard InChI is InChI=1S/C14H24N2O3S/c1-12-6-7-13(11-15-2)10-14(12)20(17,18)16-8-4-5-9-19-3/h6-7,10,15-16H,4-5,8-9,11H2,1-3H3. The Morgan fingerprint density at radius 1 is 1.25 bits per heavy atom. The van der Waals surface area contributed by atoms with Gasteiger partial charge in [0.05, 0.1) is 4.90 Å². The molecule has 0 saturated heterocycles. The van der Waals surface area contributed by atoms with E-state index in [1.54, 1.807) is 13.2 Å². The van der Waals surface area contributed by atoms with Crippen LogP contribution in [0.25, 0.3) is 0 Å². The molecule has 0 unspecified atom stereocenters. The summed E-state index contributed by atoms with van der Waals surface area (Å²) in [7, 11) is 0.0375. The summed E-state index contributed by atoms with van der Waals surface area (Å²) in [6, 6.07) is 5.50. The molecule has 0 aliphatic heterocycles. The summed E-state index contributed by atoms with van der Waals surface area (Å²) in [5, 5.41) is 3.02. The number of rotatable bonds is 9. The minimum absolute atomic E-state index is 0.358. The van der Waals surface area contributed by atoms with Crippen molar-refractivity contribution < 1.29 is 13.2 Å². The third-order valence-corrected chi connectivity index (χ3v) is 4.59. The normalized spacial score (nSPS) is 11.8. The first-order valence-corrected chi connectivity index (χ1v) is 8.22. The molecule has 0 fully saturated rings. The molecule has 2 N–H and O–H groups in total. The molecule has 0 radical (unpaired) electrons. The molecule has 0 aliphatic rings. The smallest absolute Gasteiger partial charge is 0.240 e. The van der Waals surface area contributed by atoms with Crippen LogP contribution in [0.2, 0.25) is 0 Å². The van der Waals surface area contributed by atoms with E-state index in [0.717, 1.165) is 24.0 Å². The highest BCUT2D eigenvalue weighted by molar-refractivity contribution is 7.89. The van der Waals surface area contributed by atoms with E-state index >= 15 is 0 Å². The Labute approximate surface area is 121 Å². The molecule has 6 heteroatoms. The van der Waals surface area contributed by atoms with Crippen molar-refractivity contribution in [3.05, 3.63) is 29.3 Å². The molecule has 5 nitrogen and oxygen atoms in total. The second kappa shape index (κ2) is 8.36. The van der Waals surface area contributed by atoms with Crippen LogP contribution in [0.1, 0.15) is 24.0 Å². The van der Waals surface area contributed by atoms with E-state index in [2.05, 4.69) is 10.0 Å². The highest BCUT2D eigenvalue weighted by Crippen LogP contribution is 2.17. The molecule has 1 aromatic rings. The van der Waals surface area contributed by atoms with Crippen molar-refractivity contribution in [2.24, 2.45) is 0 Å². The van der Waals surface area contributed by atoms with E-state index in [0.29, 0.717) is 24.6 Å². The lowest BCUT2D eigenvalue weighted by Crippen LogP contribution is -2.26. The van der Waals surface area contributed by atoms with Gasteiger partial charge in [0.2, 0.25) is 10.0 Å². The van der Waals surface area contributed by atoms with Gasteiger partial charge in [-0.1, -0.05) is 12.1 Å². The molecule has 0 spiro atoms. The number of ether oxygens (including phenoxy) is 1. The summed E-state index contributed by atoms with van der Waals surface area (Å²) in [6.07, 6.45) is 1.61. The number of benzene rings is 1. The van der Waals surface area contributed by atoms with Crippen LogP contribution in [0.5, 0.6) is 0 Å². The third-order valence-electron chi connectivity index (χ3n) is 2.99. The Balaban J connectivity index is 2.73. The summed E-state index contributed by atoms with van der Waals surface area (Å²) in [5.74, 6) is 0. The van der Waals surface area contributed by atoms with Gasteiger partial charge in [-0.25, -0.2) is 13.1 Å². The molecule has 0 aromatic heterocycles. The van der Waals surface area contributed by atoms with E-state index in [9.17, 15) is 8.42 Å². The Hall–Kier alpha value is -0.950. The van der Waals surface area contributed by atoms with Crippen LogP contribution in [0.3, 0.4) is 0 Å². The van der Waals surface area contributed by atoms with E-state index in [1.165, 1.54) is 0 Å². The van der Waals surface area contributed by atoms with Crippen LogP contribution in [-0.2, 0) is 21.3 Å². The molecule has 1 rings (SSSR count). The van der Waals surface area contributed by atoms with E-state index < -0.39 is 10.0 Å². The number of sulfonamides is 1. The fourth-order valence-electron chi connectivity index (χ4n) is 1.90. The van der Waals surface area contributed by atoms with Gasteiger partial charge < -0.3 is 10.1 Å². The highest BCUT2D eigenvalue weighted by Gasteiger charge is 2.16. The van der Waals surface area contributed by atoms with Crippen LogP contribution < -0.4 is 10.0 Å².